The number of aliphatic hydroxyl groups is 1. The van der Waals surface area contributed by atoms with Crippen LogP contribution in [-0.4, -0.2) is 18.3 Å². The van der Waals surface area contributed by atoms with Gasteiger partial charge in [0.1, 0.15) is 0 Å². The molecule has 0 spiro atoms. The van der Waals surface area contributed by atoms with E-state index in [0.717, 1.165) is 6.07 Å². The Morgan fingerprint density at radius 2 is 2.00 bits per heavy atom. The van der Waals surface area contributed by atoms with Crippen molar-refractivity contribution < 1.29 is 13.9 Å². The van der Waals surface area contributed by atoms with E-state index in [1.807, 2.05) is 13.8 Å². The van der Waals surface area contributed by atoms with E-state index in [9.17, 15) is 8.78 Å². The Morgan fingerprint density at radius 3 is 2.56 bits per heavy atom. The fourth-order valence-electron chi connectivity index (χ4n) is 1.44. The quantitative estimate of drug-likeness (QED) is 0.811. The average molecular weight is 229 g/mol. The molecule has 0 bridgehead atoms. The Hall–Kier alpha value is -1.00. The van der Waals surface area contributed by atoms with Crippen LogP contribution in [0.1, 0.15) is 25.5 Å². The largest absolute Gasteiger partial charge is 0.394 e. The molecule has 1 atom stereocenters. The molecule has 0 aliphatic heterocycles. The number of nitrogens with one attached hydrogen (secondary N) is 1. The van der Waals surface area contributed by atoms with E-state index in [0.29, 0.717) is 12.5 Å². The van der Waals surface area contributed by atoms with Crippen LogP contribution in [0.3, 0.4) is 0 Å². The van der Waals surface area contributed by atoms with Gasteiger partial charge in [0.2, 0.25) is 0 Å². The third-order valence-electron chi connectivity index (χ3n) is 2.31. The zero-order valence-electron chi connectivity index (χ0n) is 9.50. The minimum atomic E-state index is -0.891. The Balaban J connectivity index is 2.82. The molecule has 2 N–H and O–H groups in total. The first-order chi connectivity index (χ1) is 7.56. The Bertz CT molecular complexity index is 342. The van der Waals surface area contributed by atoms with E-state index in [1.165, 1.54) is 12.1 Å². The van der Waals surface area contributed by atoms with Crippen molar-refractivity contribution in [2.45, 2.75) is 19.9 Å². The highest BCUT2D eigenvalue weighted by Crippen LogP contribution is 2.19. The topological polar surface area (TPSA) is 32.3 Å². The fourth-order valence-corrected chi connectivity index (χ4v) is 1.44. The van der Waals surface area contributed by atoms with Crippen molar-refractivity contribution in [2.24, 2.45) is 5.92 Å². The van der Waals surface area contributed by atoms with Gasteiger partial charge in [0.25, 0.3) is 0 Å². The minimum absolute atomic E-state index is 0.170. The first-order valence-corrected chi connectivity index (χ1v) is 5.34. The molecule has 0 aliphatic rings. The van der Waals surface area contributed by atoms with Gasteiger partial charge in [-0.25, -0.2) is 8.78 Å². The van der Waals surface area contributed by atoms with Gasteiger partial charge in [0, 0.05) is 5.56 Å². The second-order valence-corrected chi connectivity index (χ2v) is 4.18. The minimum Gasteiger partial charge on any atom is -0.394 e. The predicted octanol–water partition coefficient (Wildman–Crippen LogP) is 2.24. The maximum atomic E-state index is 13.4. The lowest BCUT2D eigenvalue weighted by Gasteiger charge is -2.18. The van der Waals surface area contributed by atoms with Gasteiger partial charge in [0.15, 0.2) is 11.6 Å². The van der Waals surface area contributed by atoms with Gasteiger partial charge in [-0.15, -0.1) is 0 Å². The van der Waals surface area contributed by atoms with Crippen molar-refractivity contribution in [1.29, 1.82) is 0 Å². The lowest BCUT2D eigenvalue weighted by Crippen LogP contribution is -2.28. The number of hydrogen-bond donors (Lipinski definition) is 2. The zero-order valence-corrected chi connectivity index (χ0v) is 9.50. The van der Waals surface area contributed by atoms with Crippen LogP contribution >= 0.6 is 0 Å². The third kappa shape index (κ3) is 3.25. The lowest BCUT2D eigenvalue weighted by atomic mass is 10.1. The first kappa shape index (κ1) is 13.1. The SMILES string of the molecule is CC(C)CNC(CO)c1cccc(F)c1F. The van der Waals surface area contributed by atoms with Crippen LogP contribution in [0.2, 0.25) is 0 Å². The molecule has 4 heteroatoms. The third-order valence-corrected chi connectivity index (χ3v) is 2.31. The van der Waals surface area contributed by atoms with Gasteiger partial charge in [-0.3, -0.25) is 0 Å². The summed E-state index contributed by atoms with van der Waals surface area (Å²) < 4.78 is 26.4. The molecule has 0 aliphatic carbocycles. The Labute approximate surface area is 94.3 Å². The molecule has 0 radical (unpaired) electrons. The fraction of sp³-hybridized carbons (Fsp3) is 0.500. The molecule has 2 nitrogen and oxygen atoms in total. The first-order valence-electron chi connectivity index (χ1n) is 5.34. The van der Waals surface area contributed by atoms with Crippen LogP contribution < -0.4 is 5.32 Å². The van der Waals surface area contributed by atoms with Crippen LogP contribution in [0, 0.1) is 17.6 Å². The summed E-state index contributed by atoms with van der Waals surface area (Å²) >= 11 is 0. The summed E-state index contributed by atoms with van der Waals surface area (Å²) in [5, 5.41) is 12.2. The summed E-state index contributed by atoms with van der Waals surface area (Å²) in [6.07, 6.45) is 0. The molecule has 1 aromatic carbocycles. The van der Waals surface area contributed by atoms with Crippen LogP contribution in [0.15, 0.2) is 18.2 Å². The smallest absolute Gasteiger partial charge is 0.163 e. The van der Waals surface area contributed by atoms with Crippen molar-refractivity contribution in [3.05, 3.63) is 35.4 Å². The van der Waals surface area contributed by atoms with Crippen molar-refractivity contribution in [2.75, 3.05) is 13.2 Å². The van der Waals surface area contributed by atoms with Gasteiger partial charge in [-0.1, -0.05) is 26.0 Å². The number of hydrogen-bond acceptors (Lipinski definition) is 2. The predicted molar refractivity (Wildman–Crippen MR) is 59.0 cm³/mol. The molecule has 0 fully saturated rings. The molecular weight excluding hydrogens is 212 g/mol. The van der Waals surface area contributed by atoms with Crippen LogP contribution in [-0.2, 0) is 0 Å². The van der Waals surface area contributed by atoms with E-state index in [1.54, 1.807) is 0 Å². The normalized spacial score (nSPS) is 13.1. The average Bonchev–Trinajstić information content (AvgIpc) is 2.24. The van der Waals surface area contributed by atoms with Crippen molar-refractivity contribution in [3.8, 4) is 0 Å². The highest BCUT2D eigenvalue weighted by molar-refractivity contribution is 5.22. The molecule has 0 aromatic heterocycles. The van der Waals surface area contributed by atoms with Crippen LogP contribution in [0.5, 0.6) is 0 Å². The van der Waals surface area contributed by atoms with Gasteiger partial charge >= 0.3 is 0 Å². The van der Waals surface area contributed by atoms with E-state index < -0.39 is 17.7 Å². The summed E-state index contributed by atoms with van der Waals surface area (Å²) in [7, 11) is 0. The molecule has 0 saturated heterocycles. The summed E-state index contributed by atoms with van der Waals surface area (Å²) in [4.78, 5) is 0. The number of rotatable bonds is 5. The highest BCUT2D eigenvalue weighted by Gasteiger charge is 2.17. The van der Waals surface area contributed by atoms with Crippen molar-refractivity contribution in [1.82, 2.24) is 5.32 Å². The van der Waals surface area contributed by atoms with Gasteiger partial charge in [-0.05, 0) is 18.5 Å². The highest BCUT2D eigenvalue weighted by atomic mass is 19.2. The van der Waals surface area contributed by atoms with Crippen molar-refractivity contribution in [3.63, 3.8) is 0 Å². The molecule has 16 heavy (non-hydrogen) atoms. The van der Waals surface area contributed by atoms with E-state index >= 15 is 0 Å². The lowest BCUT2D eigenvalue weighted by molar-refractivity contribution is 0.237. The number of aliphatic hydroxyl groups excluding tert-OH is 1. The summed E-state index contributed by atoms with van der Waals surface area (Å²) in [5.74, 6) is -1.40. The zero-order chi connectivity index (χ0) is 12.1. The van der Waals surface area contributed by atoms with Crippen LogP contribution in [0.25, 0.3) is 0 Å². The molecule has 1 rings (SSSR count). The molecule has 0 heterocycles. The van der Waals surface area contributed by atoms with Gasteiger partial charge in [0.05, 0.1) is 12.6 Å². The molecule has 1 aromatic rings. The van der Waals surface area contributed by atoms with E-state index in [4.69, 9.17) is 5.11 Å². The van der Waals surface area contributed by atoms with Crippen LogP contribution in [0.4, 0.5) is 8.78 Å². The standard InChI is InChI=1S/C12H17F2NO/c1-8(2)6-15-11(7-16)9-4-3-5-10(13)12(9)14/h3-5,8,11,15-16H,6-7H2,1-2H3. The van der Waals surface area contributed by atoms with Gasteiger partial charge < -0.3 is 10.4 Å². The monoisotopic (exact) mass is 229 g/mol. The van der Waals surface area contributed by atoms with E-state index in [2.05, 4.69) is 5.32 Å². The molecule has 0 amide bonds. The summed E-state index contributed by atoms with van der Waals surface area (Å²) in [6.45, 7) is 4.39. The molecule has 1 unspecified atom stereocenters. The Kier molecular flexibility index (Phi) is 4.83. The Morgan fingerprint density at radius 1 is 1.31 bits per heavy atom. The second kappa shape index (κ2) is 5.92. The maximum Gasteiger partial charge on any atom is 0.163 e. The van der Waals surface area contributed by atoms with Gasteiger partial charge in [-0.2, -0.15) is 0 Å². The summed E-state index contributed by atoms with van der Waals surface area (Å²) in [5.41, 5.74) is 0.170. The van der Waals surface area contributed by atoms with E-state index in [-0.39, 0.29) is 12.2 Å². The molecule has 0 saturated carbocycles. The maximum absolute atomic E-state index is 13.4. The number of benzene rings is 1. The second-order valence-electron chi connectivity index (χ2n) is 4.18. The molecule has 90 valence electrons. The number of halogens is 2. The molecular formula is C12H17F2NO. The summed E-state index contributed by atoms with van der Waals surface area (Å²) in [6, 6.07) is 3.42. The van der Waals surface area contributed by atoms with Crippen molar-refractivity contribution >= 4 is 0 Å².